The van der Waals surface area contributed by atoms with Crippen LogP contribution in [0.4, 0.5) is 10.8 Å². The van der Waals surface area contributed by atoms with Gasteiger partial charge in [-0.3, -0.25) is 19.9 Å². The van der Waals surface area contributed by atoms with Crippen molar-refractivity contribution in [1.82, 2.24) is 10.2 Å². The number of Topliss-reactive ketones (excluding diaryl/α,β-unsaturated/α-hetero) is 1. The van der Waals surface area contributed by atoms with Crippen molar-refractivity contribution in [2.75, 3.05) is 11.1 Å². The first-order valence-corrected chi connectivity index (χ1v) is 10.0. The van der Waals surface area contributed by atoms with Crippen molar-refractivity contribution in [3.63, 3.8) is 0 Å². The lowest BCUT2D eigenvalue weighted by Crippen LogP contribution is -2.15. The normalized spacial score (nSPS) is 13.0. The summed E-state index contributed by atoms with van der Waals surface area (Å²) in [5.74, 6) is 0.424. The molecule has 0 fully saturated rings. The molecule has 2 aromatic carbocycles. The van der Waals surface area contributed by atoms with Gasteiger partial charge in [-0.15, -0.1) is 10.2 Å². The molecule has 1 aromatic heterocycles. The molecule has 1 aliphatic rings. The van der Waals surface area contributed by atoms with Crippen LogP contribution in [0.1, 0.15) is 27.1 Å². The number of fused-ring (bicyclic) bond motifs is 1. The van der Waals surface area contributed by atoms with Crippen LogP contribution in [0.2, 0.25) is 0 Å². The molecule has 8 heteroatoms. The predicted molar refractivity (Wildman–Crippen MR) is 108 cm³/mol. The number of thioether (sulfide) groups is 1. The van der Waals surface area contributed by atoms with Crippen LogP contribution in [0.25, 0.3) is 0 Å². The standard InChI is InChI=1S/C19H14N4O2S2/c24-16-10-13(20-15-9-5-4-8-14(15)16)11-26-19-23-22-18(27-19)21-17(25)12-6-2-1-3-7-12/h1-9H,10-11H2,(H,21,22,25). The Morgan fingerprint density at radius 2 is 1.85 bits per heavy atom. The molecule has 27 heavy (non-hydrogen) atoms. The van der Waals surface area contributed by atoms with E-state index in [1.165, 1.54) is 23.1 Å². The van der Waals surface area contributed by atoms with E-state index < -0.39 is 0 Å². The fourth-order valence-electron chi connectivity index (χ4n) is 2.60. The van der Waals surface area contributed by atoms with Gasteiger partial charge in [0.1, 0.15) is 0 Å². The fraction of sp³-hybridized carbons (Fsp3) is 0.105. The molecule has 3 aromatic rings. The van der Waals surface area contributed by atoms with Gasteiger partial charge in [-0.1, -0.05) is 53.4 Å². The number of para-hydroxylation sites is 1. The third kappa shape index (κ3) is 4.12. The fourth-order valence-corrected chi connectivity index (χ4v) is 4.28. The molecule has 0 unspecified atom stereocenters. The molecule has 0 saturated carbocycles. The Morgan fingerprint density at radius 3 is 2.70 bits per heavy atom. The highest BCUT2D eigenvalue weighted by Crippen LogP contribution is 2.30. The number of carbonyl (C=O) groups is 2. The zero-order valence-corrected chi connectivity index (χ0v) is 15.7. The number of anilines is 1. The number of nitrogens with zero attached hydrogens (tertiary/aromatic N) is 3. The highest BCUT2D eigenvalue weighted by atomic mass is 32.2. The number of benzene rings is 2. The maximum absolute atomic E-state index is 12.2. The van der Waals surface area contributed by atoms with Crippen LogP contribution in [-0.4, -0.2) is 33.4 Å². The number of nitrogens with one attached hydrogen (secondary N) is 1. The summed E-state index contributed by atoms with van der Waals surface area (Å²) in [5.41, 5.74) is 2.77. The lowest BCUT2D eigenvalue weighted by atomic mass is 10.0. The lowest BCUT2D eigenvalue weighted by Gasteiger charge is -2.13. The van der Waals surface area contributed by atoms with Crippen LogP contribution in [-0.2, 0) is 0 Å². The second-order valence-electron chi connectivity index (χ2n) is 5.78. The van der Waals surface area contributed by atoms with Crippen molar-refractivity contribution in [3.05, 3.63) is 65.7 Å². The summed E-state index contributed by atoms with van der Waals surface area (Å²) in [6.07, 6.45) is 0.320. The van der Waals surface area contributed by atoms with E-state index >= 15 is 0 Å². The number of hydrogen-bond donors (Lipinski definition) is 1. The minimum Gasteiger partial charge on any atom is -0.296 e. The Bertz CT molecular complexity index is 1030. The second kappa shape index (κ2) is 7.81. The summed E-state index contributed by atoms with van der Waals surface area (Å²) < 4.78 is 0.715. The quantitative estimate of drug-likeness (QED) is 0.517. The van der Waals surface area contributed by atoms with E-state index in [4.69, 9.17) is 0 Å². The molecule has 4 rings (SSSR count). The molecule has 0 bridgehead atoms. The van der Waals surface area contributed by atoms with E-state index in [1.54, 1.807) is 30.3 Å². The first-order chi connectivity index (χ1) is 13.2. The summed E-state index contributed by atoms with van der Waals surface area (Å²) in [4.78, 5) is 28.9. The van der Waals surface area contributed by atoms with E-state index in [-0.39, 0.29) is 11.7 Å². The van der Waals surface area contributed by atoms with Crippen LogP contribution in [0.5, 0.6) is 0 Å². The Kier molecular flexibility index (Phi) is 5.08. The van der Waals surface area contributed by atoms with Crippen LogP contribution < -0.4 is 5.32 Å². The van der Waals surface area contributed by atoms with E-state index in [0.29, 0.717) is 32.8 Å². The van der Waals surface area contributed by atoms with Crippen LogP contribution >= 0.6 is 23.1 Å². The van der Waals surface area contributed by atoms with Crippen molar-refractivity contribution < 1.29 is 9.59 Å². The number of carbonyl (C=O) groups excluding carboxylic acids is 2. The van der Waals surface area contributed by atoms with Crippen molar-refractivity contribution >= 4 is 51.3 Å². The van der Waals surface area contributed by atoms with Gasteiger partial charge in [-0.05, 0) is 24.3 Å². The van der Waals surface area contributed by atoms with E-state index in [1.807, 2.05) is 24.3 Å². The Labute approximate surface area is 163 Å². The zero-order valence-electron chi connectivity index (χ0n) is 14.1. The molecule has 0 aliphatic carbocycles. The third-order valence-electron chi connectivity index (χ3n) is 3.87. The Morgan fingerprint density at radius 1 is 1.07 bits per heavy atom. The first kappa shape index (κ1) is 17.6. The average Bonchev–Trinajstić information content (AvgIpc) is 3.14. The highest BCUT2D eigenvalue weighted by Gasteiger charge is 2.20. The minimum atomic E-state index is -0.220. The number of hydrogen-bond acceptors (Lipinski definition) is 7. The van der Waals surface area contributed by atoms with Crippen LogP contribution in [0.3, 0.4) is 0 Å². The molecule has 134 valence electrons. The van der Waals surface area contributed by atoms with Crippen LogP contribution in [0, 0.1) is 0 Å². The summed E-state index contributed by atoms with van der Waals surface area (Å²) in [6.45, 7) is 0. The lowest BCUT2D eigenvalue weighted by molar-refractivity contribution is 0.0997. The van der Waals surface area contributed by atoms with Gasteiger partial charge < -0.3 is 0 Å². The summed E-state index contributed by atoms with van der Waals surface area (Å²) in [5, 5.41) is 11.3. The summed E-state index contributed by atoms with van der Waals surface area (Å²) >= 11 is 2.76. The minimum absolute atomic E-state index is 0.0873. The van der Waals surface area contributed by atoms with E-state index in [0.717, 1.165) is 11.4 Å². The SMILES string of the molecule is O=C(Nc1nnc(SCC2=Nc3ccccc3C(=O)C2)s1)c1ccccc1. The molecule has 2 heterocycles. The van der Waals surface area contributed by atoms with Gasteiger partial charge in [0.25, 0.3) is 5.91 Å². The van der Waals surface area contributed by atoms with Crippen molar-refractivity contribution in [2.24, 2.45) is 4.99 Å². The average molecular weight is 394 g/mol. The summed E-state index contributed by atoms with van der Waals surface area (Å²) in [6, 6.07) is 16.3. The molecule has 6 nitrogen and oxygen atoms in total. The molecule has 1 N–H and O–H groups in total. The highest BCUT2D eigenvalue weighted by molar-refractivity contribution is 8.01. The second-order valence-corrected chi connectivity index (χ2v) is 7.98. The Balaban J connectivity index is 1.38. The van der Waals surface area contributed by atoms with Crippen molar-refractivity contribution in [3.8, 4) is 0 Å². The predicted octanol–water partition coefficient (Wildman–Crippen LogP) is 4.24. The molecule has 1 amide bonds. The van der Waals surface area contributed by atoms with Crippen LogP contribution in [0.15, 0.2) is 63.9 Å². The topological polar surface area (TPSA) is 84.3 Å². The number of aliphatic imine (C=N–C) groups is 1. The largest absolute Gasteiger partial charge is 0.296 e. The maximum Gasteiger partial charge on any atom is 0.257 e. The van der Waals surface area contributed by atoms with Crippen molar-refractivity contribution in [2.45, 2.75) is 10.8 Å². The van der Waals surface area contributed by atoms with E-state index in [9.17, 15) is 9.59 Å². The zero-order chi connectivity index (χ0) is 18.6. The molecule has 0 atom stereocenters. The van der Waals surface area contributed by atoms with Gasteiger partial charge in [-0.2, -0.15) is 0 Å². The first-order valence-electron chi connectivity index (χ1n) is 8.20. The Hall–Kier alpha value is -2.84. The number of rotatable bonds is 5. The van der Waals surface area contributed by atoms with Gasteiger partial charge in [0.2, 0.25) is 5.13 Å². The van der Waals surface area contributed by atoms with Gasteiger partial charge >= 0.3 is 0 Å². The third-order valence-corrected chi connectivity index (χ3v) is 5.92. The van der Waals surface area contributed by atoms with Gasteiger partial charge in [0.15, 0.2) is 10.1 Å². The molecular weight excluding hydrogens is 380 g/mol. The molecule has 1 aliphatic heterocycles. The number of aromatic nitrogens is 2. The van der Waals surface area contributed by atoms with Gasteiger partial charge in [0, 0.05) is 22.6 Å². The van der Waals surface area contributed by atoms with Crippen molar-refractivity contribution in [1.29, 1.82) is 0 Å². The molecule has 0 saturated heterocycles. The molecule has 0 spiro atoms. The maximum atomic E-state index is 12.2. The smallest absolute Gasteiger partial charge is 0.257 e. The van der Waals surface area contributed by atoms with Gasteiger partial charge in [-0.25, -0.2) is 0 Å². The molecule has 0 radical (unpaired) electrons. The molecular formula is C19H14N4O2S2. The summed E-state index contributed by atoms with van der Waals surface area (Å²) in [7, 11) is 0. The van der Waals surface area contributed by atoms with Gasteiger partial charge in [0.05, 0.1) is 12.1 Å². The monoisotopic (exact) mass is 394 g/mol. The number of ketones is 1. The number of amides is 1. The van der Waals surface area contributed by atoms with E-state index in [2.05, 4.69) is 20.5 Å².